The summed E-state index contributed by atoms with van der Waals surface area (Å²) in [6.07, 6.45) is -1.07. The van der Waals surface area contributed by atoms with E-state index in [1.165, 1.54) is 13.8 Å². The molecular formula is C12H11NO4. The zero-order valence-electron chi connectivity index (χ0n) is 9.47. The Hall–Kier alpha value is -2.35. The van der Waals surface area contributed by atoms with Gasteiger partial charge < -0.3 is 9.47 Å². The van der Waals surface area contributed by atoms with E-state index in [4.69, 9.17) is 16.0 Å². The number of carbonyl (C=O) groups excluding carboxylic acids is 2. The third-order valence-corrected chi connectivity index (χ3v) is 1.84. The van der Waals surface area contributed by atoms with Gasteiger partial charge in [-0.3, -0.25) is 9.59 Å². The van der Waals surface area contributed by atoms with Crippen LogP contribution in [0.1, 0.15) is 25.7 Å². The smallest absolute Gasteiger partial charge is 0.305 e. The molecule has 5 nitrogen and oxygen atoms in total. The van der Waals surface area contributed by atoms with Crippen molar-refractivity contribution in [2.75, 3.05) is 0 Å². The molecule has 0 unspecified atom stereocenters. The Balaban J connectivity index is 2.91. The first kappa shape index (κ1) is 12.7. The number of ether oxygens (including phenoxy) is 2. The van der Waals surface area contributed by atoms with Crippen LogP contribution >= 0.6 is 0 Å². The molecule has 1 aromatic carbocycles. The van der Waals surface area contributed by atoms with Gasteiger partial charge in [-0.25, -0.2) is 4.85 Å². The highest BCUT2D eigenvalue weighted by molar-refractivity contribution is 5.68. The Morgan fingerprint density at radius 1 is 1.12 bits per heavy atom. The number of benzene rings is 1. The first-order chi connectivity index (χ1) is 8.02. The van der Waals surface area contributed by atoms with E-state index in [1.54, 1.807) is 24.3 Å². The normalized spacial score (nSPS) is 9.53. The monoisotopic (exact) mass is 233 g/mol. The number of rotatable bonds is 3. The average molecular weight is 233 g/mol. The Bertz CT molecular complexity index is 442. The van der Waals surface area contributed by atoms with Gasteiger partial charge in [-0.15, -0.1) is 0 Å². The van der Waals surface area contributed by atoms with Crippen molar-refractivity contribution in [2.24, 2.45) is 0 Å². The SMILES string of the molecule is [C-]#[N+]c1ccc(C(OC(C)=O)OC(C)=O)cc1. The maximum absolute atomic E-state index is 10.9. The largest absolute Gasteiger partial charge is 0.421 e. The Kier molecular flexibility index (Phi) is 4.23. The molecule has 5 heteroatoms. The standard InChI is InChI=1S/C12H11NO4/c1-8(14)16-12(17-9(2)15)10-4-6-11(13-3)7-5-10/h4-7,12H,1-2H3. The molecule has 0 fully saturated rings. The lowest BCUT2D eigenvalue weighted by molar-refractivity contribution is -0.186. The van der Waals surface area contributed by atoms with E-state index < -0.39 is 18.2 Å². The second-order valence-corrected chi connectivity index (χ2v) is 3.25. The summed E-state index contributed by atoms with van der Waals surface area (Å²) in [6, 6.07) is 6.26. The van der Waals surface area contributed by atoms with Crippen LogP contribution in [0.5, 0.6) is 0 Å². The second-order valence-electron chi connectivity index (χ2n) is 3.25. The minimum absolute atomic E-state index is 0.457. The maximum atomic E-state index is 10.9. The summed E-state index contributed by atoms with van der Waals surface area (Å²) in [6.45, 7) is 9.25. The summed E-state index contributed by atoms with van der Waals surface area (Å²) in [5.74, 6) is -1.10. The molecule has 0 aromatic heterocycles. The van der Waals surface area contributed by atoms with Crippen LogP contribution < -0.4 is 0 Å². The van der Waals surface area contributed by atoms with Gasteiger partial charge in [-0.05, 0) is 0 Å². The zero-order valence-corrected chi connectivity index (χ0v) is 9.47. The van der Waals surface area contributed by atoms with Crippen LogP contribution in [0.15, 0.2) is 24.3 Å². The molecule has 0 atom stereocenters. The van der Waals surface area contributed by atoms with E-state index >= 15 is 0 Å². The summed E-state index contributed by atoms with van der Waals surface area (Å²) in [7, 11) is 0. The van der Waals surface area contributed by atoms with Crippen LogP contribution in [0.25, 0.3) is 4.85 Å². The fourth-order valence-electron chi connectivity index (χ4n) is 1.17. The number of nitrogens with zero attached hydrogens (tertiary/aromatic N) is 1. The number of hydrogen-bond donors (Lipinski definition) is 0. The van der Waals surface area contributed by atoms with E-state index in [-0.39, 0.29) is 0 Å². The predicted octanol–water partition coefficient (Wildman–Crippen LogP) is 2.36. The molecule has 0 saturated heterocycles. The first-order valence-electron chi connectivity index (χ1n) is 4.85. The van der Waals surface area contributed by atoms with Crippen molar-refractivity contribution >= 4 is 17.6 Å². The second kappa shape index (κ2) is 5.66. The first-order valence-corrected chi connectivity index (χ1v) is 4.85. The molecule has 0 bridgehead atoms. The van der Waals surface area contributed by atoms with Crippen LogP contribution in [-0.2, 0) is 19.1 Å². The van der Waals surface area contributed by atoms with Gasteiger partial charge in [0, 0.05) is 19.4 Å². The molecular weight excluding hydrogens is 222 g/mol. The Morgan fingerprint density at radius 2 is 1.59 bits per heavy atom. The van der Waals surface area contributed by atoms with Gasteiger partial charge in [0.25, 0.3) is 6.29 Å². The summed E-state index contributed by atoms with van der Waals surface area (Å²) in [5.41, 5.74) is 0.959. The molecule has 0 heterocycles. The lowest BCUT2D eigenvalue weighted by Gasteiger charge is -2.16. The topological polar surface area (TPSA) is 57.0 Å². The summed E-state index contributed by atoms with van der Waals surface area (Å²) >= 11 is 0. The number of esters is 2. The van der Waals surface area contributed by atoms with Gasteiger partial charge in [0.15, 0.2) is 5.69 Å². The summed E-state index contributed by atoms with van der Waals surface area (Å²) in [5, 5.41) is 0. The molecule has 0 radical (unpaired) electrons. The van der Waals surface area contributed by atoms with Gasteiger partial charge in [-0.1, -0.05) is 24.3 Å². The Morgan fingerprint density at radius 3 is 1.94 bits per heavy atom. The van der Waals surface area contributed by atoms with Crippen molar-refractivity contribution in [3.63, 3.8) is 0 Å². The van der Waals surface area contributed by atoms with E-state index in [0.717, 1.165) is 0 Å². The van der Waals surface area contributed by atoms with Gasteiger partial charge in [0.1, 0.15) is 0 Å². The number of carbonyl (C=O) groups is 2. The average Bonchev–Trinajstić information content (AvgIpc) is 2.27. The molecule has 88 valence electrons. The minimum Gasteiger partial charge on any atom is -0.421 e. The fourth-order valence-corrected chi connectivity index (χ4v) is 1.17. The van der Waals surface area contributed by atoms with Crippen LogP contribution in [0.3, 0.4) is 0 Å². The Labute approximate surface area is 98.8 Å². The van der Waals surface area contributed by atoms with Crippen LogP contribution in [0.2, 0.25) is 0 Å². The molecule has 1 aromatic rings. The van der Waals surface area contributed by atoms with Gasteiger partial charge >= 0.3 is 11.9 Å². The number of hydrogen-bond acceptors (Lipinski definition) is 4. The van der Waals surface area contributed by atoms with Crippen molar-refractivity contribution in [1.82, 2.24) is 0 Å². The minimum atomic E-state index is -1.07. The molecule has 0 aliphatic heterocycles. The van der Waals surface area contributed by atoms with Crippen LogP contribution in [0.4, 0.5) is 5.69 Å². The van der Waals surface area contributed by atoms with Gasteiger partial charge in [0.05, 0.1) is 6.57 Å². The third-order valence-electron chi connectivity index (χ3n) is 1.84. The van der Waals surface area contributed by atoms with Crippen molar-refractivity contribution in [2.45, 2.75) is 20.1 Å². The quantitative estimate of drug-likeness (QED) is 0.457. The van der Waals surface area contributed by atoms with E-state index in [0.29, 0.717) is 11.3 Å². The van der Waals surface area contributed by atoms with Crippen molar-refractivity contribution in [3.8, 4) is 0 Å². The molecule has 1 rings (SSSR count). The fraction of sp³-hybridized carbons (Fsp3) is 0.250. The highest BCUT2D eigenvalue weighted by atomic mass is 16.7. The molecule has 0 N–H and O–H groups in total. The molecule has 0 aliphatic carbocycles. The highest BCUT2D eigenvalue weighted by Gasteiger charge is 2.17. The maximum Gasteiger partial charge on any atom is 0.305 e. The molecule has 0 amide bonds. The summed E-state index contributed by atoms with van der Waals surface area (Å²) < 4.78 is 9.72. The lowest BCUT2D eigenvalue weighted by Crippen LogP contribution is -2.14. The zero-order chi connectivity index (χ0) is 12.8. The van der Waals surface area contributed by atoms with E-state index in [1.807, 2.05) is 0 Å². The molecule has 17 heavy (non-hydrogen) atoms. The molecule has 0 saturated carbocycles. The van der Waals surface area contributed by atoms with Gasteiger partial charge in [0.2, 0.25) is 0 Å². The van der Waals surface area contributed by atoms with Crippen LogP contribution in [-0.4, -0.2) is 11.9 Å². The van der Waals surface area contributed by atoms with Crippen molar-refractivity contribution < 1.29 is 19.1 Å². The molecule has 0 aliphatic rings. The summed E-state index contributed by atoms with van der Waals surface area (Å²) in [4.78, 5) is 25.0. The predicted molar refractivity (Wildman–Crippen MR) is 59.0 cm³/mol. The third kappa shape index (κ3) is 3.95. The van der Waals surface area contributed by atoms with E-state index in [9.17, 15) is 9.59 Å². The lowest BCUT2D eigenvalue weighted by atomic mass is 10.2. The van der Waals surface area contributed by atoms with Gasteiger partial charge in [-0.2, -0.15) is 0 Å². The highest BCUT2D eigenvalue weighted by Crippen LogP contribution is 2.22. The van der Waals surface area contributed by atoms with E-state index in [2.05, 4.69) is 4.85 Å². The van der Waals surface area contributed by atoms with Crippen LogP contribution in [0, 0.1) is 6.57 Å². The molecule has 0 spiro atoms. The van der Waals surface area contributed by atoms with Crippen molar-refractivity contribution in [3.05, 3.63) is 41.2 Å². The van der Waals surface area contributed by atoms with Crippen molar-refractivity contribution in [1.29, 1.82) is 0 Å².